The lowest BCUT2D eigenvalue weighted by Crippen LogP contribution is -2.10. The van der Waals surface area contributed by atoms with E-state index in [-0.39, 0.29) is 0 Å². The molecule has 0 N–H and O–H groups in total. The first-order valence-electron chi connectivity index (χ1n) is 23.5. The maximum atomic E-state index is 7.27. The van der Waals surface area contributed by atoms with E-state index in [1.54, 1.807) is 0 Å². The lowest BCUT2D eigenvalue weighted by Gasteiger charge is -2.26. The second-order valence-corrected chi connectivity index (χ2v) is 17.5. The van der Waals surface area contributed by atoms with Gasteiger partial charge in [0.05, 0.1) is 5.69 Å². The summed E-state index contributed by atoms with van der Waals surface area (Å²) in [5.41, 5.74) is 20.2. The van der Waals surface area contributed by atoms with Gasteiger partial charge < -0.3 is 13.7 Å². The topological polar surface area (TPSA) is 29.5 Å². The van der Waals surface area contributed by atoms with Crippen LogP contribution in [0.25, 0.3) is 111 Å². The number of anilines is 3. The molecule has 0 saturated carbocycles. The largest absolute Gasteiger partial charge is 0.456 e. The van der Waals surface area contributed by atoms with Crippen molar-refractivity contribution >= 4 is 60.9 Å². The van der Waals surface area contributed by atoms with E-state index < -0.39 is 0 Å². The van der Waals surface area contributed by atoms with Gasteiger partial charge in [-0.1, -0.05) is 206 Å². The highest BCUT2D eigenvalue weighted by atomic mass is 16.3. The monoisotopic (exact) mass is 881 g/mol. The Kier molecular flexibility index (Phi) is 9.84. The van der Waals surface area contributed by atoms with Crippen LogP contribution < -0.4 is 4.90 Å². The number of fused-ring (bicyclic) bond motifs is 6. The lowest BCUT2D eigenvalue weighted by atomic mass is 9.89. The molecule has 0 bridgehead atoms. The molecule has 13 rings (SSSR count). The van der Waals surface area contributed by atoms with Crippen molar-refractivity contribution in [1.82, 2.24) is 0 Å². The smallest absolute Gasteiger partial charge is 0.159 e. The molecule has 69 heavy (non-hydrogen) atoms. The first kappa shape index (κ1) is 40.1. The minimum Gasteiger partial charge on any atom is -0.456 e. The van der Waals surface area contributed by atoms with Crippen molar-refractivity contribution in [2.24, 2.45) is 0 Å². The Balaban J connectivity index is 0.975. The Hall–Kier alpha value is -9.18. The summed E-state index contributed by atoms with van der Waals surface area (Å²) in [7, 11) is 0. The summed E-state index contributed by atoms with van der Waals surface area (Å²) >= 11 is 0. The molecule has 3 heteroatoms. The summed E-state index contributed by atoms with van der Waals surface area (Å²) in [6.07, 6.45) is 0. The molecule has 324 valence electrons. The minimum absolute atomic E-state index is 0.819. The summed E-state index contributed by atoms with van der Waals surface area (Å²) in [4.78, 5) is 2.34. The Labute approximate surface area is 400 Å². The third-order valence-corrected chi connectivity index (χ3v) is 13.5. The molecule has 0 aliphatic rings. The van der Waals surface area contributed by atoms with E-state index in [1.807, 2.05) is 12.1 Å². The quantitative estimate of drug-likeness (QED) is 0.145. The molecule has 0 spiro atoms. The van der Waals surface area contributed by atoms with Gasteiger partial charge in [-0.15, -0.1) is 0 Å². The Morgan fingerprint density at radius 1 is 0.246 bits per heavy atom. The summed E-state index contributed by atoms with van der Waals surface area (Å²) < 4.78 is 13.6. The molecule has 0 aliphatic carbocycles. The summed E-state index contributed by atoms with van der Waals surface area (Å²) in [5.74, 6) is 0. The van der Waals surface area contributed by atoms with Crippen molar-refractivity contribution in [3.05, 3.63) is 261 Å². The van der Waals surface area contributed by atoms with Crippen LogP contribution in [0.5, 0.6) is 0 Å². The van der Waals surface area contributed by atoms with Crippen LogP contribution in [0.4, 0.5) is 17.1 Å². The van der Waals surface area contributed by atoms with Gasteiger partial charge in [-0.05, 0) is 116 Å². The van der Waals surface area contributed by atoms with E-state index in [4.69, 9.17) is 8.83 Å². The van der Waals surface area contributed by atoms with Gasteiger partial charge in [-0.3, -0.25) is 0 Å². The average Bonchev–Trinajstić information content (AvgIpc) is 4.01. The van der Waals surface area contributed by atoms with Gasteiger partial charge in [0.25, 0.3) is 0 Å². The predicted molar refractivity (Wildman–Crippen MR) is 288 cm³/mol. The van der Waals surface area contributed by atoms with Gasteiger partial charge in [0, 0.05) is 38.5 Å². The van der Waals surface area contributed by atoms with Crippen LogP contribution in [0.15, 0.2) is 270 Å². The normalized spacial score (nSPS) is 11.5. The minimum atomic E-state index is 0.819. The van der Waals surface area contributed by atoms with Crippen LogP contribution in [0.2, 0.25) is 0 Å². The predicted octanol–water partition coefficient (Wildman–Crippen LogP) is 19.0. The zero-order chi connectivity index (χ0) is 45.7. The molecule has 0 radical (unpaired) electrons. The fraction of sp³-hybridized carbons (Fsp3) is 0. The maximum Gasteiger partial charge on any atom is 0.159 e. The third-order valence-electron chi connectivity index (χ3n) is 13.5. The zero-order valence-corrected chi connectivity index (χ0v) is 37.6. The van der Waals surface area contributed by atoms with Gasteiger partial charge in [0.2, 0.25) is 0 Å². The number of para-hydroxylation sites is 2. The number of benzene rings is 11. The SMILES string of the molecule is c1ccc(-c2ccccc2-c2ccccc2-c2ccc(N(c3ccc(-c4ccc5c(c4)oc4ccccc45)cc3)c3cccc4c3oc3c(-c5ccccc5)ccc(-c5ccccc5)c34)cc2)cc1. The van der Waals surface area contributed by atoms with Gasteiger partial charge in [-0.25, -0.2) is 0 Å². The van der Waals surface area contributed by atoms with Crippen molar-refractivity contribution in [3.8, 4) is 66.8 Å². The van der Waals surface area contributed by atoms with Crippen molar-refractivity contribution in [2.75, 3.05) is 4.90 Å². The van der Waals surface area contributed by atoms with Crippen molar-refractivity contribution < 1.29 is 8.83 Å². The van der Waals surface area contributed by atoms with E-state index in [9.17, 15) is 0 Å². The molecule has 0 atom stereocenters. The van der Waals surface area contributed by atoms with Crippen molar-refractivity contribution in [2.45, 2.75) is 0 Å². The first-order valence-corrected chi connectivity index (χ1v) is 23.5. The van der Waals surface area contributed by atoms with Crippen molar-refractivity contribution in [1.29, 1.82) is 0 Å². The Morgan fingerprint density at radius 3 is 1.35 bits per heavy atom. The molecule has 2 heterocycles. The molecule has 0 aliphatic heterocycles. The van der Waals surface area contributed by atoms with E-state index in [1.165, 1.54) is 27.8 Å². The fourth-order valence-corrected chi connectivity index (χ4v) is 10.2. The van der Waals surface area contributed by atoms with Crippen LogP contribution in [-0.2, 0) is 0 Å². The van der Waals surface area contributed by atoms with Crippen LogP contribution in [0.3, 0.4) is 0 Å². The molecular weight excluding hydrogens is 839 g/mol. The fourth-order valence-electron chi connectivity index (χ4n) is 10.2. The molecular formula is C66H43NO2. The molecule has 0 saturated heterocycles. The molecule has 3 nitrogen and oxygen atoms in total. The zero-order valence-electron chi connectivity index (χ0n) is 37.6. The van der Waals surface area contributed by atoms with Gasteiger partial charge in [0.1, 0.15) is 16.7 Å². The summed E-state index contributed by atoms with van der Waals surface area (Å²) in [5, 5.41) is 4.40. The maximum absolute atomic E-state index is 7.27. The van der Waals surface area contributed by atoms with E-state index in [0.29, 0.717) is 0 Å². The van der Waals surface area contributed by atoms with E-state index in [2.05, 4.69) is 254 Å². The standard InChI is InChI=1S/C66H43NO2/c1-4-17-45(18-5-1)52-23-10-12-25-56(52)57-26-13-11-24-53(57)48-33-38-51(39-34-48)67(50-36-31-44(32-37-50)49-35-40-59-58-27-14-15-30-62(58)68-63(59)43-49)61-29-16-28-60-64-54(46-19-6-2-7-20-46)41-42-55(66(64)69-65(60)61)47-21-8-3-9-22-47/h1-43H. The van der Waals surface area contributed by atoms with Crippen LogP contribution in [0, 0.1) is 0 Å². The summed E-state index contributed by atoms with van der Waals surface area (Å²) in [6.45, 7) is 0. The average molecular weight is 882 g/mol. The van der Waals surface area contributed by atoms with E-state index >= 15 is 0 Å². The van der Waals surface area contributed by atoms with Crippen LogP contribution in [-0.4, -0.2) is 0 Å². The Morgan fingerprint density at radius 2 is 0.710 bits per heavy atom. The molecule has 11 aromatic carbocycles. The number of hydrogen-bond acceptors (Lipinski definition) is 3. The second-order valence-electron chi connectivity index (χ2n) is 17.5. The Bertz CT molecular complexity index is 3980. The van der Waals surface area contributed by atoms with E-state index in [0.717, 1.165) is 99.9 Å². The molecule has 13 aromatic rings. The highest BCUT2D eigenvalue weighted by Crippen LogP contribution is 2.48. The van der Waals surface area contributed by atoms with Gasteiger partial charge >= 0.3 is 0 Å². The number of nitrogens with zero attached hydrogens (tertiary/aromatic N) is 1. The van der Waals surface area contributed by atoms with Crippen LogP contribution >= 0.6 is 0 Å². The van der Waals surface area contributed by atoms with Gasteiger partial charge in [0.15, 0.2) is 5.58 Å². The third kappa shape index (κ3) is 7.08. The molecule has 0 amide bonds. The second kappa shape index (κ2) is 16.9. The van der Waals surface area contributed by atoms with Crippen molar-refractivity contribution in [3.63, 3.8) is 0 Å². The molecule has 0 unspecified atom stereocenters. The molecule has 2 aromatic heterocycles. The number of rotatable bonds is 9. The number of furan rings is 2. The lowest BCUT2D eigenvalue weighted by molar-refractivity contribution is 0.669. The number of hydrogen-bond donors (Lipinski definition) is 0. The van der Waals surface area contributed by atoms with Gasteiger partial charge in [-0.2, -0.15) is 0 Å². The highest BCUT2D eigenvalue weighted by molar-refractivity contribution is 6.19. The first-order chi connectivity index (χ1) is 34.2. The highest BCUT2D eigenvalue weighted by Gasteiger charge is 2.24. The summed E-state index contributed by atoms with van der Waals surface area (Å²) in [6, 6.07) is 92.8. The molecule has 0 fully saturated rings. The van der Waals surface area contributed by atoms with Crippen LogP contribution in [0.1, 0.15) is 0 Å².